The molecule has 94 valence electrons. The summed E-state index contributed by atoms with van der Waals surface area (Å²) in [5.74, 6) is 0.404. The van der Waals surface area contributed by atoms with E-state index < -0.39 is 0 Å². The molecule has 0 radical (unpaired) electrons. The molecular weight excluding hydrogens is 234 g/mol. The Balaban J connectivity index is 2.43. The summed E-state index contributed by atoms with van der Waals surface area (Å²) < 4.78 is 0. The zero-order valence-corrected chi connectivity index (χ0v) is 11.4. The lowest BCUT2D eigenvalue weighted by Gasteiger charge is -2.14. The van der Waals surface area contributed by atoms with E-state index in [1.54, 1.807) is 0 Å². The van der Waals surface area contributed by atoms with E-state index >= 15 is 0 Å². The maximum Gasteiger partial charge on any atom is 0.224 e. The van der Waals surface area contributed by atoms with Crippen molar-refractivity contribution in [3.8, 4) is 0 Å². The van der Waals surface area contributed by atoms with E-state index in [0.717, 1.165) is 11.1 Å². The first-order valence-electron chi connectivity index (χ1n) is 5.96. The molecule has 0 saturated heterocycles. The zero-order chi connectivity index (χ0) is 12.8. The second-order valence-electron chi connectivity index (χ2n) is 4.67. The molecular formula is C14H20ClNO. The van der Waals surface area contributed by atoms with Crippen molar-refractivity contribution < 1.29 is 4.79 Å². The van der Waals surface area contributed by atoms with Gasteiger partial charge in [0, 0.05) is 6.54 Å². The van der Waals surface area contributed by atoms with Crippen molar-refractivity contribution in [3.05, 3.63) is 35.4 Å². The summed E-state index contributed by atoms with van der Waals surface area (Å²) >= 11 is 6.08. The summed E-state index contributed by atoms with van der Waals surface area (Å²) in [6.07, 6.45) is 0.425. The van der Waals surface area contributed by atoms with Crippen LogP contribution in [0, 0.1) is 12.8 Å². The van der Waals surface area contributed by atoms with Gasteiger partial charge in [-0.2, -0.15) is 0 Å². The summed E-state index contributed by atoms with van der Waals surface area (Å²) in [6, 6.07) is 7.93. The van der Waals surface area contributed by atoms with Crippen LogP contribution in [0.25, 0.3) is 0 Å². The number of amides is 1. The maximum atomic E-state index is 11.7. The van der Waals surface area contributed by atoms with E-state index in [9.17, 15) is 4.79 Å². The molecule has 0 heterocycles. The summed E-state index contributed by atoms with van der Waals surface area (Å²) in [6.45, 7) is 6.64. The van der Waals surface area contributed by atoms with Crippen molar-refractivity contribution in [2.24, 2.45) is 5.92 Å². The minimum atomic E-state index is -0.00387. The maximum absolute atomic E-state index is 11.7. The van der Waals surface area contributed by atoms with Crippen LogP contribution in [0.15, 0.2) is 24.3 Å². The van der Waals surface area contributed by atoms with Crippen LogP contribution in [0.5, 0.6) is 0 Å². The molecule has 1 rings (SSSR count). The number of carbonyl (C=O) groups excluding carboxylic acids is 1. The van der Waals surface area contributed by atoms with Crippen LogP contribution in [-0.2, 0) is 11.2 Å². The third-order valence-corrected chi connectivity index (χ3v) is 3.49. The highest BCUT2D eigenvalue weighted by Gasteiger charge is 2.11. The van der Waals surface area contributed by atoms with Gasteiger partial charge in [-0.1, -0.05) is 38.1 Å². The first-order valence-corrected chi connectivity index (χ1v) is 6.39. The normalized spacial score (nSPS) is 12.5. The molecule has 2 nitrogen and oxygen atoms in total. The fourth-order valence-electron chi connectivity index (χ4n) is 1.49. The van der Waals surface area contributed by atoms with Crippen molar-refractivity contribution in [3.63, 3.8) is 0 Å². The number of benzene rings is 1. The van der Waals surface area contributed by atoms with Crippen molar-refractivity contribution in [1.82, 2.24) is 5.32 Å². The van der Waals surface area contributed by atoms with E-state index in [0.29, 0.717) is 18.9 Å². The quantitative estimate of drug-likeness (QED) is 0.804. The van der Waals surface area contributed by atoms with Crippen LogP contribution in [0.2, 0.25) is 0 Å². The van der Waals surface area contributed by atoms with Crippen LogP contribution in [0.4, 0.5) is 0 Å². The third-order valence-electron chi connectivity index (χ3n) is 2.83. The summed E-state index contributed by atoms with van der Waals surface area (Å²) in [5.41, 5.74) is 2.22. The molecule has 0 saturated carbocycles. The van der Waals surface area contributed by atoms with Crippen molar-refractivity contribution >= 4 is 17.5 Å². The minimum absolute atomic E-state index is 0.00387. The van der Waals surface area contributed by atoms with E-state index in [-0.39, 0.29) is 11.3 Å². The van der Waals surface area contributed by atoms with Gasteiger partial charge in [0.1, 0.15) is 0 Å². The second kappa shape index (κ2) is 6.65. The molecule has 1 N–H and O–H groups in total. The van der Waals surface area contributed by atoms with E-state index in [1.165, 1.54) is 0 Å². The molecule has 0 aliphatic heterocycles. The first-order chi connectivity index (χ1) is 8.00. The Labute approximate surface area is 108 Å². The van der Waals surface area contributed by atoms with Crippen LogP contribution >= 0.6 is 11.6 Å². The molecule has 17 heavy (non-hydrogen) atoms. The van der Waals surface area contributed by atoms with E-state index in [1.807, 2.05) is 45.0 Å². The standard InChI is InChI=1S/C14H20ClNO/c1-10(2)13(15)9-16-14(17)8-12-7-5-4-6-11(12)3/h4-7,10,13H,8-9H2,1-3H3,(H,16,17). The largest absolute Gasteiger partial charge is 0.354 e. The highest BCUT2D eigenvalue weighted by Crippen LogP contribution is 2.09. The van der Waals surface area contributed by atoms with Crippen molar-refractivity contribution in [2.75, 3.05) is 6.54 Å². The van der Waals surface area contributed by atoms with Crippen LogP contribution in [0.1, 0.15) is 25.0 Å². The van der Waals surface area contributed by atoms with Crippen LogP contribution in [-0.4, -0.2) is 17.8 Å². The Bertz CT molecular complexity index is 376. The van der Waals surface area contributed by atoms with Crippen LogP contribution in [0.3, 0.4) is 0 Å². The van der Waals surface area contributed by atoms with E-state index in [2.05, 4.69) is 5.32 Å². The van der Waals surface area contributed by atoms with Gasteiger partial charge >= 0.3 is 0 Å². The predicted molar refractivity (Wildman–Crippen MR) is 72.4 cm³/mol. The highest BCUT2D eigenvalue weighted by molar-refractivity contribution is 6.21. The molecule has 1 amide bonds. The van der Waals surface area contributed by atoms with Gasteiger partial charge in [0.15, 0.2) is 0 Å². The number of carbonyl (C=O) groups is 1. The number of alkyl halides is 1. The van der Waals surface area contributed by atoms with Gasteiger partial charge < -0.3 is 5.32 Å². The van der Waals surface area contributed by atoms with Gasteiger partial charge in [-0.15, -0.1) is 11.6 Å². The molecule has 0 spiro atoms. The third kappa shape index (κ3) is 4.78. The molecule has 0 bridgehead atoms. The number of nitrogens with one attached hydrogen (secondary N) is 1. The van der Waals surface area contributed by atoms with E-state index in [4.69, 9.17) is 11.6 Å². The number of halogens is 1. The second-order valence-corrected chi connectivity index (χ2v) is 5.23. The lowest BCUT2D eigenvalue weighted by Crippen LogP contribution is -2.33. The smallest absolute Gasteiger partial charge is 0.224 e. The lowest BCUT2D eigenvalue weighted by atomic mass is 10.1. The first kappa shape index (κ1) is 14.0. The minimum Gasteiger partial charge on any atom is -0.354 e. The molecule has 0 aliphatic carbocycles. The number of rotatable bonds is 5. The highest BCUT2D eigenvalue weighted by atomic mass is 35.5. The monoisotopic (exact) mass is 253 g/mol. The van der Waals surface area contributed by atoms with Gasteiger partial charge in [0.25, 0.3) is 0 Å². The summed E-state index contributed by atoms with van der Waals surface area (Å²) in [7, 11) is 0. The molecule has 0 aliphatic rings. The average molecular weight is 254 g/mol. The summed E-state index contributed by atoms with van der Waals surface area (Å²) in [5, 5.41) is 2.86. The van der Waals surface area contributed by atoms with Crippen molar-refractivity contribution in [1.29, 1.82) is 0 Å². The topological polar surface area (TPSA) is 29.1 Å². The van der Waals surface area contributed by atoms with Gasteiger partial charge in [0.05, 0.1) is 11.8 Å². The molecule has 1 aromatic rings. The number of hydrogen-bond acceptors (Lipinski definition) is 1. The molecule has 1 atom stereocenters. The van der Waals surface area contributed by atoms with Crippen molar-refractivity contribution in [2.45, 2.75) is 32.6 Å². The zero-order valence-electron chi connectivity index (χ0n) is 10.7. The Hall–Kier alpha value is -1.02. The Kier molecular flexibility index (Phi) is 5.49. The molecule has 0 fully saturated rings. The van der Waals surface area contributed by atoms with Gasteiger partial charge in [0.2, 0.25) is 5.91 Å². The Morgan fingerprint density at radius 1 is 1.35 bits per heavy atom. The fourth-order valence-corrected chi connectivity index (χ4v) is 1.57. The Morgan fingerprint density at radius 3 is 2.59 bits per heavy atom. The van der Waals surface area contributed by atoms with Gasteiger partial charge in [-0.25, -0.2) is 0 Å². The van der Waals surface area contributed by atoms with Gasteiger partial charge in [-0.3, -0.25) is 4.79 Å². The number of aryl methyl sites for hydroxylation is 1. The number of hydrogen-bond donors (Lipinski definition) is 1. The predicted octanol–water partition coefficient (Wildman–Crippen LogP) is 2.92. The molecule has 0 aromatic heterocycles. The molecule has 1 aromatic carbocycles. The van der Waals surface area contributed by atoms with Gasteiger partial charge in [-0.05, 0) is 24.0 Å². The molecule has 1 unspecified atom stereocenters. The molecule has 3 heteroatoms. The lowest BCUT2D eigenvalue weighted by molar-refractivity contribution is -0.120. The summed E-state index contributed by atoms with van der Waals surface area (Å²) in [4.78, 5) is 11.7. The fraction of sp³-hybridized carbons (Fsp3) is 0.500. The average Bonchev–Trinajstić information content (AvgIpc) is 2.29. The van der Waals surface area contributed by atoms with Crippen LogP contribution < -0.4 is 5.32 Å². The Morgan fingerprint density at radius 2 is 2.00 bits per heavy atom. The SMILES string of the molecule is Cc1ccccc1CC(=O)NCC(Cl)C(C)C.